The number of aromatic nitrogens is 1. The zero-order valence-electron chi connectivity index (χ0n) is 19.7. The van der Waals surface area contributed by atoms with E-state index in [1.807, 2.05) is 41.3 Å². The lowest BCUT2D eigenvalue weighted by atomic mass is 9.92. The molecule has 1 aliphatic heterocycles. The Labute approximate surface area is 210 Å². The minimum absolute atomic E-state index is 0. The van der Waals surface area contributed by atoms with Crippen LogP contribution in [-0.2, 0) is 4.74 Å². The van der Waals surface area contributed by atoms with Gasteiger partial charge in [0.15, 0.2) is 11.4 Å². The smallest absolute Gasteiger partial charge is 0.278 e. The molecule has 2 aromatic carbocycles. The molecule has 2 heterocycles. The van der Waals surface area contributed by atoms with Crippen molar-refractivity contribution in [1.29, 1.82) is 0 Å². The van der Waals surface area contributed by atoms with Crippen molar-refractivity contribution in [2.24, 2.45) is 0 Å². The SMILES string of the molecule is COCCN1C(=O)c2c(O)c(=O)ccn2N(C(c2ccccc2)c2ccccc2)C12CCCC2.Cl. The van der Waals surface area contributed by atoms with Crippen molar-refractivity contribution in [3.05, 3.63) is 100.0 Å². The standard InChI is InChI=1S/C27H29N3O4.ClH/c1-34-19-18-28-26(33)24-25(32)22(31)14-17-29(24)30(27(28)15-8-9-16-27)23(20-10-4-2-5-11-20)21-12-6-3-7-13-21;/h2-7,10-14,17,23,32H,8-9,15-16,18-19H2,1H3;1H. The number of methoxy groups -OCH3 is 1. The average molecular weight is 496 g/mol. The van der Waals surface area contributed by atoms with Crippen LogP contribution in [0.5, 0.6) is 5.75 Å². The third-order valence-corrected chi connectivity index (χ3v) is 7.06. The van der Waals surface area contributed by atoms with E-state index in [2.05, 4.69) is 29.3 Å². The maximum atomic E-state index is 13.8. The quantitative estimate of drug-likeness (QED) is 0.558. The number of nitrogens with zero attached hydrogens (tertiary/aromatic N) is 3. The number of benzene rings is 2. The molecule has 1 spiro atoms. The van der Waals surface area contributed by atoms with Crippen LogP contribution in [0.1, 0.15) is 53.3 Å². The number of amides is 1. The molecule has 1 saturated carbocycles. The highest BCUT2D eigenvalue weighted by Crippen LogP contribution is 2.47. The van der Waals surface area contributed by atoms with Gasteiger partial charge in [0, 0.05) is 25.9 Å². The second-order valence-corrected chi connectivity index (χ2v) is 8.93. The molecule has 7 nitrogen and oxygen atoms in total. The molecule has 1 aliphatic carbocycles. The summed E-state index contributed by atoms with van der Waals surface area (Å²) in [6, 6.07) is 21.4. The fourth-order valence-electron chi connectivity index (χ4n) is 5.58. The fraction of sp³-hybridized carbons (Fsp3) is 0.333. The number of aromatic hydroxyl groups is 1. The lowest BCUT2D eigenvalue weighted by molar-refractivity contribution is 0.0134. The number of ether oxygens (including phenoxy) is 1. The minimum Gasteiger partial charge on any atom is -0.502 e. The van der Waals surface area contributed by atoms with Crippen molar-refractivity contribution in [2.75, 3.05) is 25.3 Å². The van der Waals surface area contributed by atoms with E-state index in [1.165, 1.54) is 6.07 Å². The Bertz CT molecular complexity index is 1190. The van der Waals surface area contributed by atoms with Gasteiger partial charge in [-0.3, -0.25) is 19.3 Å². The third kappa shape index (κ3) is 4.09. The maximum Gasteiger partial charge on any atom is 0.278 e. The molecule has 0 unspecified atom stereocenters. The lowest BCUT2D eigenvalue weighted by Gasteiger charge is -2.57. The zero-order chi connectivity index (χ0) is 23.7. The number of fused-ring (bicyclic) bond motifs is 1. The molecule has 35 heavy (non-hydrogen) atoms. The van der Waals surface area contributed by atoms with Crippen LogP contribution in [0.3, 0.4) is 0 Å². The van der Waals surface area contributed by atoms with E-state index >= 15 is 0 Å². The first kappa shape index (κ1) is 24.8. The van der Waals surface area contributed by atoms with Gasteiger partial charge in [-0.2, -0.15) is 0 Å². The van der Waals surface area contributed by atoms with Crippen LogP contribution in [0, 0.1) is 0 Å². The first-order valence-corrected chi connectivity index (χ1v) is 11.7. The van der Waals surface area contributed by atoms with E-state index in [9.17, 15) is 14.7 Å². The van der Waals surface area contributed by atoms with E-state index in [-0.39, 0.29) is 30.0 Å². The van der Waals surface area contributed by atoms with Crippen LogP contribution >= 0.6 is 12.4 Å². The summed E-state index contributed by atoms with van der Waals surface area (Å²) >= 11 is 0. The molecule has 5 rings (SSSR count). The van der Waals surface area contributed by atoms with Crippen molar-refractivity contribution in [2.45, 2.75) is 37.4 Å². The highest BCUT2D eigenvalue weighted by Gasteiger charge is 2.54. The number of hydrogen-bond donors (Lipinski definition) is 1. The van der Waals surface area contributed by atoms with Crippen molar-refractivity contribution in [3.8, 4) is 5.75 Å². The number of hydrogen-bond acceptors (Lipinski definition) is 5. The summed E-state index contributed by atoms with van der Waals surface area (Å²) in [6.07, 6.45) is 5.15. The largest absolute Gasteiger partial charge is 0.502 e. The number of rotatable bonds is 6. The molecule has 1 fully saturated rings. The molecule has 0 bridgehead atoms. The topological polar surface area (TPSA) is 75.0 Å². The minimum atomic E-state index is -0.625. The molecule has 1 amide bonds. The average Bonchev–Trinajstić information content (AvgIpc) is 3.35. The van der Waals surface area contributed by atoms with Gasteiger partial charge in [-0.1, -0.05) is 60.7 Å². The predicted molar refractivity (Wildman–Crippen MR) is 137 cm³/mol. The van der Waals surface area contributed by atoms with Gasteiger partial charge in [-0.05, 0) is 36.8 Å². The van der Waals surface area contributed by atoms with Crippen LogP contribution in [0.15, 0.2) is 77.7 Å². The number of carbonyl (C=O) groups is 1. The van der Waals surface area contributed by atoms with Gasteiger partial charge in [0.2, 0.25) is 5.43 Å². The summed E-state index contributed by atoms with van der Waals surface area (Å²) in [5, 5.41) is 13.0. The third-order valence-electron chi connectivity index (χ3n) is 7.06. The fourth-order valence-corrected chi connectivity index (χ4v) is 5.58. The normalized spacial score (nSPS) is 16.5. The Balaban J connectivity index is 0.00000289. The molecule has 2 aliphatic rings. The molecule has 184 valence electrons. The zero-order valence-corrected chi connectivity index (χ0v) is 20.5. The summed E-state index contributed by atoms with van der Waals surface area (Å²) in [6.45, 7) is 0.727. The molecular weight excluding hydrogens is 466 g/mol. The summed E-state index contributed by atoms with van der Waals surface area (Å²) in [5.41, 5.74) is 0.929. The number of halogens is 1. The first-order valence-electron chi connectivity index (χ1n) is 11.7. The molecular formula is C27H30ClN3O4. The number of pyridine rings is 1. The molecule has 8 heteroatoms. The molecule has 0 radical (unpaired) electrons. The Morgan fingerprint density at radius 2 is 1.51 bits per heavy atom. The van der Waals surface area contributed by atoms with Crippen LogP contribution in [0.25, 0.3) is 0 Å². The van der Waals surface area contributed by atoms with E-state index in [1.54, 1.807) is 18.0 Å². The Hall–Kier alpha value is -3.29. The van der Waals surface area contributed by atoms with E-state index < -0.39 is 16.8 Å². The summed E-state index contributed by atoms with van der Waals surface area (Å²) < 4.78 is 7.08. The Morgan fingerprint density at radius 1 is 0.943 bits per heavy atom. The van der Waals surface area contributed by atoms with Gasteiger partial charge in [-0.25, -0.2) is 0 Å². The summed E-state index contributed by atoms with van der Waals surface area (Å²) in [5.74, 6) is -0.863. The second-order valence-electron chi connectivity index (χ2n) is 8.93. The van der Waals surface area contributed by atoms with Gasteiger partial charge in [0.25, 0.3) is 5.91 Å². The van der Waals surface area contributed by atoms with Crippen LogP contribution in [-0.4, -0.2) is 46.5 Å². The van der Waals surface area contributed by atoms with E-state index in [0.717, 1.165) is 36.8 Å². The van der Waals surface area contributed by atoms with Gasteiger partial charge >= 0.3 is 0 Å². The van der Waals surface area contributed by atoms with Crippen LogP contribution in [0.2, 0.25) is 0 Å². The highest BCUT2D eigenvalue weighted by atomic mass is 35.5. The highest BCUT2D eigenvalue weighted by molar-refractivity contribution is 5.97. The molecule has 3 aromatic rings. The monoisotopic (exact) mass is 495 g/mol. The van der Waals surface area contributed by atoms with Gasteiger partial charge in [-0.15, -0.1) is 12.4 Å². The summed E-state index contributed by atoms with van der Waals surface area (Å²) in [7, 11) is 1.61. The molecule has 0 saturated heterocycles. The van der Waals surface area contributed by atoms with Gasteiger partial charge in [0.1, 0.15) is 5.66 Å². The van der Waals surface area contributed by atoms with E-state index in [0.29, 0.717) is 13.2 Å². The molecule has 0 atom stereocenters. The Kier molecular flexibility index (Phi) is 7.19. The molecule has 1 aromatic heterocycles. The van der Waals surface area contributed by atoms with Crippen LogP contribution < -0.4 is 10.4 Å². The second kappa shape index (κ2) is 10.1. The Morgan fingerprint density at radius 3 is 2.06 bits per heavy atom. The van der Waals surface area contributed by atoms with Gasteiger partial charge in [0.05, 0.1) is 12.6 Å². The molecule has 1 N–H and O–H groups in total. The predicted octanol–water partition coefficient (Wildman–Crippen LogP) is 4.08. The lowest BCUT2D eigenvalue weighted by Crippen LogP contribution is -2.70. The first-order chi connectivity index (χ1) is 16.6. The van der Waals surface area contributed by atoms with Crippen molar-refractivity contribution in [1.82, 2.24) is 9.58 Å². The van der Waals surface area contributed by atoms with Crippen LogP contribution in [0.4, 0.5) is 0 Å². The van der Waals surface area contributed by atoms with E-state index in [4.69, 9.17) is 4.74 Å². The van der Waals surface area contributed by atoms with Crippen molar-refractivity contribution >= 4 is 18.3 Å². The maximum absolute atomic E-state index is 13.8. The van der Waals surface area contributed by atoms with Gasteiger partial charge < -0.3 is 14.7 Å². The summed E-state index contributed by atoms with van der Waals surface area (Å²) in [4.78, 5) is 28.0. The van der Waals surface area contributed by atoms with Crippen molar-refractivity contribution < 1.29 is 14.6 Å². The number of carbonyl (C=O) groups excluding carboxylic acids is 1. The van der Waals surface area contributed by atoms with Crippen molar-refractivity contribution in [3.63, 3.8) is 0 Å².